The molecule has 0 bridgehead atoms. The van der Waals surface area contributed by atoms with Gasteiger partial charge in [0.15, 0.2) is 0 Å². The summed E-state index contributed by atoms with van der Waals surface area (Å²) in [5.41, 5.74) is 2.29. The van der Waals surface area contributed by atoms with Gasteiger partial charge in [-0.3, -0.25) is 0 Å². The molecule has 2 radical (unpaired) electrons. The minimum atomic E-state index is -4.88. The van der Waals surface area contributed by atoms with E-state index in [1.807, 2.05) is 38.1 Å². The molecule has 0 saturated carbocycles. The van der Waals surface area contributed by atoms with Crippen molar-refractivity contribution in [3.8, 4) is 22.3 Å². The van der Waals surface area contributed by atoms with Gasteiger partial charge in [0.2, 0.25) is 0 Å². The maximum absolute atomic E-state index is 13.4. The molecular formula is C36H30Cl2F6SiZr. The molecule has 0 nitrogen and oxygen atoms in total. The van der Waals surface area contributed by atoms with Crippen molar-refractivity contribution in [3.05, 3.63) is 113 Å². The van der Waals surface area contributed by atoms with E-state index in [9.17, 15) is 26.3 Å². The molecule has 0 amide bonds. The van der Waals surface area contributed by atoms with Crippen LogP contribution in [0.25, 0.3) is 33.0 Å². The summed E-state index contributed by atoms with van der Waals surface area (Å²) < 4.78 is 80.4. The second-order valence-corrected chi connectivity index (χ2v) is 16.7. The summed E-state index contributed by atoms with van der Waals surface area (Å²) in [6, 6.07) is 27.5. The monoisotopic (exact) mass is 764 g/mol. The van der Waals surface area contributed by atoms with E-state index in [4.69, 9.17) is 17.0 Å². The quantitative estimate of drug-likeness (QED) is 0.0952. The van der Waals surface area contributed by atoms with E-state index in [1.165, 1.54) is 21.5 Å². The molecule has 5 aromatic carbocycles. The molecule has 0 spiro atoms. The van der Waals surface area contributed by atoms with Gasteiger partial charge < -0.3 is 0 Å². The number of hydrogen-bond acceptors (Lipinski definition) is 0. The zero-order valence-corrected chi connectivity index (χ0v) is 30.4. The normalized spacial score (nSPS) is 12.2. The Kier molecular flexibility index (Phi) is 12.2. The molecule has 238 valence electrons. The van der Waals surface area contributed by atoms with Gasteiger partial charge in [0.1, 0.15) is 0 Å². The molecule has 1 heterocycles. The third-order valence-corrected chi connectivity index (χ3v) is 8.83. The minimum Gasteiger partial charge on any atom is -0.184 e. The Hall–Kier alpha value is -2.25. The Bertz CT molecular complexity index is 1710. The van der Waals surface area contributed by atoms with E-state index in [0.29, 0.717) is 16.9 Å². The third kappa shape index (κ3) is 8.80. The van der Waals surface area contributed by atoms with Crippen LogP contribution in [-0.2, 0) is 39.6 Å². The second-order valence-electron chi connectivity index (χ2n) is 11.6. The molecule has 1 aliphatic rings. The van der Waals surface area contributed by atoms with Crippen LogP contribution in [0.3, 0.4) is 0 Å². The average molecular weight is 767 g/mol. The van der Waals surface area contributed by atoms with Gasteiger partial charge in [-0.05, 0) is 42.0 Å². The summed E-state index contributed by atoms with van der Waals surface area (Å²) in [7, 11) is 10.7. The summed E-state index contributed by atoms with van der Waals surface area (Å²) in [5, 5.41) is 4.32. The van der Waals surface area contributed by atoms with Crippen LogP contribution in [0.4, 0.5) is 26.3 Å². The number of alkyl halides is 6. The molecule has 0 saturated heterocycles. The minimum absolute atomic E-state index is 0.0619. The van der Waals surface area contributed by atoms with E-state index in [2.05, 4.69) is 56.3 Å². The summed E-state index contributed by atoms with van der Waals surface area (Å²) in [6.07, 6.45) is -8.98. The van der Waals surface area contributed by atoms with Gasteiger partial charge in [-0.25, -0.2) is 0 Å². The summed E-state index contributed by atoms with van der Waals surface area (Å²) in [6.45, 7) is 7.86. The smallest absolute Gasteiger partial charge is 0.0920 e. The summed E-state index contributed by atoms with van der Waals surface area (Å²) >= 11 is -0.826. The third-order valence-electron chi connectivity index (χ3n) is 7.46. The van der Waals surface area contributed by atoms with Crippen LogP contribution >= 0.6 is 17.0 Å². The molecular weight excluding hydrogens is 737 g/mol. The van der Waals surface area contributed by atoms with Crippen LogP contribution in [0.1, 0.15) is 55.9 Å². The Morgan fingerprint density at radius 3 is 2.00 bits per heavy atom. The standard InChI is InChI=1S/C24H23F6.C12H7Si.2ClH.Zr/c1-13(2)7-15-8-16-5-6-20(14(3)4)22(21(16)9-15)17-10-18(23(25,26)27)12-19(11-17)24(28,29)30;1-3-7-11-9(5-1)10-6-2-4-8-12(10)13-11;;;/h5-6,8-14H,7H2,1-4H3;1-7H;2*1H;/q2*-1;;;+4/p-2. The Balaban J connectivity index is 0.000000245. The fourth-order valence-corrected chi connectivity index (χ4v) is 6.89. The fraction of sp³-hybridized carbons (Fsp3) is 0.250. The predicted molar refractivity (Wildman–Crippen MR) is 175 cm³/mol. The van der Waals surface area contributed by atoms with E-state index in [-0.39, 0.29) is 17.5 Å². The van der Waals surface area contributed by atoms with Gasteiger partial charge in [-0.2, -0.15) is 61.9 Å². The molecule has 0 N–H and O–H groups in total. The van der Waals surface area contributed by atoms with Crippen molar-refractivity contribution >= 4 is 47.7 Å². The van der Waals surface area contributed by atoms with E-state index >= 15 is 0 Å². The molecule has 0 aliphatic carbocycles. The fourth-order valence-electron chi connectivity index (χ4n) is 5.58. The van der Waals surface area contributed by atoms with Gasteiger partial charge in [0.25, 0.3) is 0 Å². The maximum atomic E-state index is 13.4. The number of fused-ring (bicyclic) bond motifs is 4. The van der Waals surface area contributed by atoms with Crippen molar-refractivity contribution in [1.29, 1.82) is 0 Å². The predicted octanol–water partition coefficient (Wildman–Crippen LogP) is 11.1. The summed E-state index contributed by atoms with van der Waals surface area (Å²) in [5.74, 6) is 0.303. The molecule has 46 heavy (non-hydrogen) atoms. The molecule has 0 fully saturated rings. The van der Waals surface area contributed by atoms with Gasteiger partial charge in [0, 0.05) is 0 Å². The van der Waals surface area contributed by atoms with Crippen LogP contribution in [-0.4, -0.2) is 9.52 Å². The van der Waals surface area contributed by atoms with Crippen molar-refractivity contribution in [2.75, 3.05) is 0 Å². The zero-order valence-electron chi connectivity index (χ0n) is 25.5. The first-order valence-corrected chi connectivity index (χ1v) is 21.8. The van der Waals surface area contributed by atoms with E-state index < -0.39 is 44.3 Å². The Morgan fingerprint density at radius 1 is 0.804 bits per heavy atom. The maximum Gasteiger partial charge on any atom is 0.0920 e. The molecule has 0 aromatic heterocycles. The zero-order chi connectivity index (χ0) is 33.8. The van der Waals surface area contributed by atoms with Crippen molar-refractivity contribution in [3.63, 3.8) is 0 Å². The Morgan fingerprint density at radius 2 is 1.41 bits per heavy atom. The van der Waals surface area contributed by atoms with Crippen molar-refractivity contribution in [2.45, 2.75) is 52.4 Å². The average Bonchev–Trinajstić information content (AvgIpc) is 3.56. The van der Waals surface area contributed by atoms with E-state index in [1.54, 1.807) is 6.07 Å². The summed E-state index contributed by atoms with van der Waals surface area (Å²) in [4.78, 5) is 0. The van der Waals surface area contributed by atoms with E-state index in [0.717, 1.165) is 44.6 Å². The van der Waals surface area contributed by atoms with Gasteiger partial charge in [-0.1, -0.05) is 73.8 Å². The van der Waals surface area contributed by atoms with Crippen LogP contribution in [0, 0.1) is 12.0 Å². The SMILES string of the molecule is CC(C)Cc1cc2c(-c3cc(C(F)(F)F)cc(C(F)(F)F)c3)c(C(C)C)ccc2[cH-]1.[Cl][Zr+2][Cl].[c-]1cccc2c1[Si]c1ccccc1-2. The van der Waals surface area contributed by atoms with Crippen molar-refractivity contribution in [2.24, 2.45) is 5.92 Å². The molecule has 0 atom stereocenters. The van der Waals surface area contributed by atoms with Gasteiger partial charge >= 0.3 is 50.2 Å². The molecule has 1 aliphatic heterocycles. The van der Waals surface area contributed by atoms with Crippen LogP contribution < -0.4 is 10.4 Å². The van der Waals surface area contributed by atoms with Crippen LogP contribution in [0.2, 0.25) is 0 Å². The molecule has 6 rings (SSSR count). The van der Waals surface area contributed by atoms with Gasteiger partial charge in [-0.15, -0.1) is 40.1 Å². The molecule has 10 heteroatoms. The first kappa shape index (κ1) is 36.6. The first-order chi connectivity index (χ1) is 21.6. The van der Waals surface area contributed by atoms with Crippen LogP contribution in [0.15, 0.2) is 84.9 Å². The van der Waals surface area contributed by atoms with Crippen LogP contribution in [0.5, 0.6) is 0 Å². The number of hydrogen-bond donors (Lipinski definition) is 0. The molecule has 5 aromatic rings. The molecule has 0 unspecified atom stereocenters. The number of halogens is 8. The number of benzene rings is 4. The topological polar surface area (TPSA) is 0 Å². The largest absolute Gasteiger partial charge is 0.184 e. The first-order valence-electron chi connectivity index (χ1n) is 14.5. The van der Waals surface area contributed by atoms with Crippen molar-refractivity contribution < 1.29 is 47.2 Å². The van der Waals surface area contributed by atoms with Gasteiger partial charge in [0.05, 0.1) is 20.6 Å². The number of rotatable bonds is 4. The Labute approximate surface area is 287 Å². The van der Waals surface area contributed by atoms with Crippen molar-refractivity contribution in [1.82, 2.24) is 0 Å². The second kappa shape index (κ2) is 15.3.